The number of amides is 1. The molecule has 4 rings (SSSR count). The van der Waals surface area contributed by atoms with E-state index in [1.54, 1.807) is 26.2 Å². The van der Waals surface area contributed by atoms with Gasteiger partial charge in [0.15, 0.2) is 5.75 Å². The van der Waals surface area contributed by atoms with Gasteiger partial charge in [0.1, 0.15) is 12.1 Å². The van der Waals surface area contributed by atoms with Crippen molar-refractivity contribution in [3.05, 3.63) is 59.2 Å². The average Bonchev–Trinajstić information content (AvgIpc) is 2.77. The number of phenols is 1. The van der Waals surface area contributed by atoms with Gasteiger partial charge in [0.05, 0.1) is 11.3 Å². The summed E-state index contributed by atoms with van der Waals surface area (Å²) in [5.41, 5.74) is 2.68. The van der Waals surface area contributed by atoms with E-state index in [1.807, 2.05) is 12.1 Å². The Labute approximate surface area is 187 Å². The SMILES string of the molecule is CN(C)C(=O)c1cccc(NC2C(=O)C(=O)C2NC2c3ccccc3CCC2(C)C)c1O. The first-order valence-corrected chi connectivity index (χ1v) is 10.8. The zero-order chi connectivity index (χ0) is 23.2. The number of rotatable bonds is 5. The van der Waals surface area contributed by atoms with Gasteiger partial charge in [-0.15, -0.1) is 0 Å². The predicted octanol–water partition coefficient (Wildman–Crippen LogP) is 2.70. The molecule has 0 aromatic heterocycles. The molecule has 2 aromatic carbocycles. The summed E-state index contributed by atoms with van der Waals surface area (Å²) in [5, 5.41) is 17.1. The summed E-state index contributed by atoms with van der Waals surface area (Å²) in [7, 11) is 3.19. The van der Waals surface area contributed by atoms with E-state index in [4.69, 9.17) is 0 Å². The van der Waals surface area contributed by atoms with Crippen LogP contribution < -0.4 is 10.6 Å². The van der Waals surface area contributed by atoms with Gasteiger partial charge in [0, 0.05) is 20.1 Å². The number of nitrogens with zero attached hydrogens (tertiary/aromatic N) is 1. The summed E-state index contributed by atoms with van der Waals surface area (Å²) in [4.78, 5) is 38.7. The van der Waals surface area contributed by atoms with Crippen molar-refractivity contribution in [1.82, 2.24) is 10.2 Å². The molecule has 0 bridgehead atoms. The maximum Gasteiger partial charge on any atom is 0.257 e. The molecule has 3 unspecified atom stereocenters. The van der Waals surface area contributed by atoms with E-state index >= 15 is 0 Å². The zero-order valence-electron chi connectivity index (χ0n) is 18.8. The van der Waals surface area contributed by atoms with Crippen molar-refractivity contribution in [2.75, 3.05) is 19.4 Å². The second-order valence-corrected chi connectivity index (χ2v) is 9.52. The fraction of sp³-hybridized carbons (Fsp3) is 0.400. The number of anilines is 1. The van der Waals surface area contributed by atoms with Crippen LogP contribution in [0.5, 0.6) is 5.75 Å². The van der Waals surface area contributed by atoms with E-state index in [1.165, 1.54) is 16.5 Å². The van der Waals surface area contributed by atoms with Crippen molar-refractivity contribution < 1.29 is 19.5 Å². The molecule has 168 valence electrons. The van der Waals surface area contributed by atoms with Crippen LogP contribution in [0.1, 0.15) is 47.8 Å². The molecule has 1 amide bonds. The Balaban J connectivity index is 1.60. The number of phenolic OH excluding ortho intramolecular Hbond substituents is 1. The van der Waals surface area contributed by atoms with E-state index in [-0.39, 0.29) is 34.4 Å². The highest BCUT2D eigenvalue weighted by molar-refractivity contribution is 6.49. The lowest BCUT2D eigenvalue weighted by molar-refractivity contribution is -0.146. The first-order chi connectivity index (χ1) is 15.1. The molecule has 32 heavy (non-hydrogen) atoms. The average molecular weight is 436 g/mol. The molecular weight excluding hydrogens is 406 g/mol. The Morgan fingerprint density at radius 3 is 2.44 bits per heavy atom. The molecule has 3 N–H and O–H groups in total. The summed E-state index contributed by atoms with van der Waals surface area (Å²) in [5.74, 6) is -1.59. The molecule has 0 aliphatic heterocycles. The maximum atomic E-state index is 12.5. The van der Waals surface area contributed by atoms with Gasteiger partial charge in [0.25, 0.3) is 5.91 Å². The van der Waals surface area contributed by atoms with Gasteiger partial charge in [-0.2, -0.15) is 0 Å². The number of hydrogen-bond donors (Lipinski definition) is 3. The van der Waals surface area contributed by atoms with Gasteiger partial charge in [-0.1, -0.05) is 44.2 Å². The second-order valence-electron chi connectivity index (χ2n) is 9.52. The number of Topliss-reactive ketones (excluding diaryl/α,β-unsaturated/α-hetero) is 2. The first kappa shape index (κ1) is 22.0. The van der Waals surface area contributed by atoms with E-state index in [0.717, 1.165) is 18.4 Å². The molecule has 2 aromatic rings. The van der Waals surface area contributed by atoms with Crippen molar-refractivity contribution in [1.29, 1.82) is 0 Å². The highest BCUT2D eigenvalue weighted by Crippen LogP contribution is 2.44. The van der Waals surface area contributed by atoms with Crippen molar-refractivity contribution in [2.45, 2.75) is 44.8 Å². The molecule has 0 spiro atoms. The van der Waals surface area contributed by atoms with Crippen LogP contribution in [0.25, 0.3) is 0 Å². The highest BCUT2D eigenvalue weighted by atomic mass is 16.3. The fourth-order valence-corrected chi connectivity index (χ4v) is 4.64. The van der Waals surface area contributed by atoms with Crippen LogP contribution in [0, 0.1) is 5.41 Å². The van der Waals surface area contributed by atoms with Crippen molar-refractivity contribution >= 4 is 23.2 Å². The Morgan fingerprint density at radius 2 is 1.72 bits per heavy atom. The Morgan fingerprint density at radius 1 is 1.03 bits per heavy atom. The minimum Gasteiger partial charge on any atom is -0.505 e. The molecule has 0 radical (unpaired) electrons. The molecule has 2 aliphatic rings. The number of benzene rings is 2. The van der Waals surface area contributed by atoms with Crippen LogP contribution in [0.15, 0.2) is 42.5 Å². The highest BCUT2D eigenvalue weighted by Gasteiger charge is 2.52. The van der Waals surface area contributed by atoms with E-state index in [0.29, 0.717) is 0 Å². The molecular formula is C25H29N3O4. The van der Waals surface area contributed by atoms with Crippen molar-refractivity contribution in [3.8, 4) is 5.75 Å². The summed E-state index contributed by atoms with van der Waals surface area (Å²) in [6.07, 6.45) is 1.94. The maximum absolute atomic E-state index is 12.5. The van der Waals surface area contributed by atoms with E-state index in [2.05, 4.69) is 36.6 Å². The largest absolute Gasteiger partial charge is 0.505 e. The van der Waals surface area contributed by atoms with E-state index < -0.39 is 23.7 Å². The number of carbonyl (C=O) groups is 3. The topological polar surface area (TPSA) is 98.7 Å². The third-order valence-electron chi connectivity index (χ3n) is 6.66. The number of nitrogens with one attached hydrogen (secondary N) is 2. The smallest absolute Gasteiger partial charge is 0.257 e. The van der Waals surface area contributed by atoms with Gasteiger partial charge in [-0.25, -0.2) is 0 Å². The summed E-state index contributed by atoms with van der Waals surface area (Å²) >= 11 is 0. The lowest BCUT2D eigenvalue weighted by Gasteiger charge is -2.45. The number of para-hydroxylation sites is 1. The molecule has 3 atom stereocenters. The van der Waals surface area contributed by atoms with Gasteiger partial charge in [0.2, 0.25) is 11.6 Å². The van der Waals surface area contributed by atoms with Crippen LogP contribution in [0.3, 0.4) is 0 Å². The molecule has 2 aliphatic carbocycles. The lowest BCUT2D eigenvalue weighted by Crippen LogP contribution is -2.68. The number of aryl methyl sites for hydroxylation is 1. The van der Waals surface area contributed by atoms with E-state index in [9.17, 15) is 19.5 Å². The fourth-order valence-electron chi connectivity index (χ4n) is 4.64. The third-order valence-corrected chi connectivity index (χ3v) is 6.66. The third kappa shape index (κ3) is 3.66. The molecule has 0 saturated heterocycles. The van der Waals surface area contributed by atoms with Gasteiger partial charge in [-0.3, -0.25) is 19.7 Å². The molecule has 7 heteroatoms. The van der Waals surface area contributed by atoms with Crippen LogP contribution in [0.4, 0.5) is 5.69 Å². The van der Waals surface area contributed by atoms with Gasteiger partial charge < -0.3 is 15.3 Å². The molecule has 0 heterocycles. The molecule has 1 fully saturated rings. The first-order valence-electron chi connectivity index (χ1n) is 10.8. The summed E-state index contributed by atoms with van der Waals surface area (Å²) in [6.45, 7) is 4.33. The summed E-state index contributed by atoms with van der Waals surface area (Å²) in [6, 6.07) is 11.3. The molecule has 7 nitrogen and oxygen atoms in total. The number of hydrogen-bond acceptors (Lipinski definition) is 6. The minimum atomic E-state index is -0.817. The monoisotopic (exact) mass is 435 g/mol. The normalized spacial score (nSPS) is 23.8. The van der Waals surface area contributed by atoms with Crippen LogP contribution >= 0.6 is 0 Å². The second kappa shape index (κ2) is 8.06. The number of ketones is 2. The van der Waals surface area contributed by atoms with Crippen molar-refractivity contribution in [3.63, 3.8) is 0 Å². The summed E-state index contributed by atoms with van der Waals surface area (Å²) < 4.78 is 0. The lowest BCUT2D eigenvalue weighted by atomic mass is 9.69. The number of carbonyl (C=O) groups excluding carboxylic acids is 3. The van der Waals surface area contributed by atoms with Crippen LogP contribution in [-0.4, -0.2) is 53.7 Å². The van der Waals surface area contributed by atoms with Crippen LogP contribution in [0.2, 0.25) is 0 Å². The Kier molecular flexibility index (Phi) is 5.54. The van der Waals surface area contributed by atoms with Gasteiger partial charge >= 0.3 is 0 Å². The standard InChI is InChI=1S/C25H29N3O4/c1-25(2)13-12-14-8-5-6-9-15(14)23(25)27-19-18(21(30)22(19)31)26-17-11-7-10-16(20(17)29)24(32)28(3)4/h5-11,18-19,23,26-27,29H,12-13H2,1-4H3. The Bertz CT molecular complexity index is 1090. The van der Waals surface area contributed by atoms with Gasteiger partial charge in [-0.05, 0) is 41.5 Å². The Hall–Kier alpha value is -3.19. The quantitative estimate of drug-likeness (QED) is 0.493. The minimum absolute atomic E-state index is 0.0888. The van der Waals surface area contributed by atoms with Crippen molar-refractivity contribution in [2.24, 2.45) is 5.41 Å². The number of aromatic hydroxyl groups is 1. The predicted molar refractivity (Wildman–Crippen MR) is 122 cm³/mol. The number of fused-ring (bicyclic) bond motifs is 1. The van der Waals surface area contributed by atoms with Crippen LogP contribution in [-0.2, 0) is 16.0 Å². The zero-order valence-corrected chi connectivity index (χ0v) is 18.8. The molecule has 1 saturated carbocycles.